The fourth-order valence-electron chi connectivity index (χ4n) is 5.36. The Bertz CT molecular complexity index is 1810. The van der Waals surface area contributed by atoms with Crippen LogP contribution < -0.4 is 9.47 Å². The summed E-state index contributed by atoms with van der Waals surface area (Å²) in [6.45, 7) is 6.32. The number of hydrogen-bond donors (Lipinski definition) is 0. The summed E-state index contributed by atoms with van der Waals surface area (Å²) in [7, 11) is 0. The Hall–Kier alpha value is -5.77. The molecule has 16 heteroatoms. The Labute approximate surface area is 291 Å². The van der Waals surface area contributed by atoms with Crippen LogP contribution in [0.25, 0.3) is 11.0 Å². The van der Waals surface area contributed by atoms with Gasteiger partial charge in [-0.2, -0.15) is 0 Å². The van der Waals surface area contributed by atoms with Crippen LogP contribution in [0.5, 0.6) is 11.5 Å². The Morgan fingerprint density at radius 1 is 0.627 bits per heavy atom. The lowest BCUT2D eigenvalue weighted by Crippen LogP contribution is -2.63. The van der Waals surface area contributed by atoms with E-state index in [1.165, 1.54) is 32.0 Å². The van der Waals surface area contributed by atoms with Gasteiger partial charge in [-0.05, 0) is 48.7 Å². The maximum atomic E-state index is 13.6. The quantitative estimate of drug-likeness (QED) is 0.150. The van der Waals surface area contributed by atoms with Crippen LogP contribution in [0.1, 0.15) is 63.2 Å². The third kappa shape index (κ3) is 10.4. The fraction of sp³-hybridized carbons (Fsp3) is 0.400. The molecule has 0 spiro atoms. The molecule has 272 valence electrons. The SMILES string of the molecule is CC(=O)OC[C@H]1O[C@@H](OC(=O)c2cc3c(CCc4ccc(OC(C)=O)cc4)c(OC(C)=O)ccc3o2)[C@H](OC(C)=O)[C@@H](OC(C)=O)[C@@H]1OC(C)=O. The number of ether oxygens (including phenoxy) is 8. The van der Waals surface area contributed by atoms with E-state index in [2.05, 4.69) is 0 Å². The first-order chi connectivity index (χ1) is 24.1. The van der Waals surface area contributed by atoms with Crippen molar-refractivity contribution in [2.24, 2.45) is 0 Å². The Balaban J connectivity index is 1.67. The minimum atomic E-state index is -1.78. The minimum Gasteiger partial charge on any atom is -0.463 e. The molecule has 0 radical (unpaired) electrons. The van der Waals surface area contributed by atoms with E-state index in [0.29, 0.717) is 29.5 Å². The van der Waals surface area contributed by atoms with Gasteiger partial charge in [-0.15, -0.1) is 0 Å². The van der Waals surface area contributed by atoms with Crippen molar-refractivity contribution in [3.8, 4) is 11.5 Å². The molecular formula is C35H36O16. The molecule has 5 atom stereocenters. The van der Waals surface area contributed by atoms with Gasteiger partial charge in [0.1, 0.15) is 29.8 Å². The topological polar surface area (TPSA) is 206 Å². The average Bonchev–Trinajstić information content (AvgIpc) is 3.47. The third-order valence-electron chi connectivity index (χ3n) is 7.24. The van der Waals surface area contributed by atoms with Gasteiger partial charge in [-0.1, -0.05) is 12.1 Å². The summed E-state index contributed by atoms with van der Waals surface area (Å²) in [6, 6.07) is 11.2. The summed E-state index contributed by atoms with van der Waals surface area (Å²) < 4.78 is 48.9. The molecule has 0 aliphatic carbocycles. The summed E-state index contributed by atoms with van der Waals surface area (Å²) in [4.78, 5) is 84.7. The number of hydrogen-bond acceptors (Lipinski definition) is 16. The molecule has 2 aromatic carbocycles. The van der Waals surface area contributed by atoms with Gasteiger partial charge in [0.05, 0.1) is 0 Å². The van der Waals surface area contributed by atoms with E-state index < -0.39 is 79.1 Å². The Kier molecular flexibility index (Phi) is 12.5. The molecular weight excluding hydrogens is 676 g/mol. The van der Waals surface area contributed by atoms with Crippen LogP contribution in [0.3, 0.4) is 0 Å². The van der Waals surface area contributed by atoms with Crippen LogP contribution in [-0.2, 0) is 70.0 Å². The van der Waals surface area contributed by atoms with Crippen molar-refractivity contribution in [2.75, 3.05) is 6.61 Å². The van der Waals surface area contributed by atoms with Gasteiger partial charge in [0, 0.05) is 52.5 Å². The first-order valence-electron chi connectivity index (χ1n) is 15.6. The highest BCUT2D eigenvalue weighted by Crippen LogP contribution is 2.34. The Morgan fingerprint density at radius 3 is 1.82 bits per heavy atom. The lowest BCUT2D eigenvalue weighted by molar-refractivity contribution is -0.295. The van der Waals surface area contributed by atoms with Crippen molar-refractivity contribution in [1.29, 1.82) is 0 Å². The first-order valence-corrected chi connectivity index (χ1v) is 15.6. The fourth-order valence-corrected chi connectivity index (χ4v) is 5.36. The van der Waals surface area contributed by atoms with Crippen LogP contribution in [0, 0.1) is 0 Å². The molecule has 1 saturated heterocycles. The largest absolute Gasteiger partial charge is 0.463 e. The molecule has 2 heterocycles. The van der Waals surface area contributed by atoms with E-state index in [0.717, 1.165) is 33.3 Å². The van der Waals surface area contributed by atoms with Gasteiger partial charge in [-0.25, -0.2) is 4.79 Å². The number of fused-ring (bicyclic) bond motifs is 1. The number of rotatable bonds is 12. The van der Waals surface area contributed by atoms with Crippen LogP contribution in [0.15, 0.2) is 46.9 Å². The number of carbonyl (C=O) groups is 7. The summed E-state index contributed by atoms with van der Waals surface area (Å²) in [5, 5.41) is 0.416. The van der Waals surface area contributed by atoms with Gasteiger partial charge in [0.25, 0.3) is 0 Å². The van der Waals surface area contributed by atoms with Crippen LogP contribution in [0.4, 0.5) is 0 Å². The van der Waals surface area contributed by atoms with Gasteiger partial charge in [0.2, 0.25) is 18.2 Å². The molecule has 0 unspecified atom stereocenters. The smallest absolute Gasteiger partial charge is 0.376 e. The maximum Gasteiger partial charge on any atom is 0.376 e. The second kappa shape index (κ2) is 16.8. The van der Waals surface area contributed by atoms with E-state index in [1.54, 1.807) is 24.3 Å². The Morgan fingerprint density at radius 2 is 1.24 bits per heavy atom. The number of aryl methyl sites for hydroxylation is 2. The average molecular weight is 713 g/mol. The molecule has 1 aromatic heterocycles. The van der Waals surface area contributed by atoms with Crippen molar-refractivity contribution in [3.63, 3.8) is 0 Å². The predicted octanol–water partition coefficient (Wildman–Crippen LogP) is 3.31. The van der Waals surface area contributed by atoms with E-state index in [9.17, 15) is 33.6 Å². The number of carbonyl (C=O) groups excluding carboxylic acids is 7. The second-order valence-corrected chi connectivity index (χ2v) is 11.4. The second-order valence-electron chi connectivity index (χ2n) is 11.4. The van der Waals surface area contributed by atoms with E-state index in [1.807, 2.05) is 0 Å². The molecule has 0 N–H and O–H groups in total. The van der Waals surface area contributed by atoms with Gasteiger partial charge >= 0.3 is 41.8 Å². The number of esters is 7. The number of furan rings is 1. The third-order valence-corrected chi connectivity index (χ3v) is 7.24. The lowest BCUT2D eigenvalue weighted by Gasteiger charge is -2.43. The molecule has 16 nitrogen and oxygen atoms in total. The summed E-state index contributed by atoms with van der Waals surface area (Å²) in [6.07, 6.45) is -7.00. The zero-order valence-corrected chi connectivity index (χ0v) is 28.6. The lowest BCUT2D eigenvalue weighted by atomic mass is 9.98. The summed E-state index contributed by atoms with van der Waals surface area (Å²) in [5.74, 6) is -5.14. The van der Waals surface area contributed by atoms with Gasteiger partial charge in [-0.3, -0.25) is 28.8 Å². The molecule has 3 aromatic rings. The molecule has 4 rings (SSSR count). The summed E-state index contributed by atoms with van der Waals surface area (Å²) in [5.41, 5.74) is 1.63. The van der Waals surface area contributed by atoms with E-state index in [4.69, 9.17) is 42.3 Å². The van der Waals surface area contributed by atoms with Crippen molar-refractivity contribution in [1.82, 2.24) is 0 Å². The van der Waals surface area contributed by atoms with Crippen LogP contribution in [-0.4, -0.2) is 79.1 Å². The van der Waals surface area contributed by atoms with Crippen LogP contribution in [0.2, 0.25) is 0 Å². The molecule has 1 aliphatic heterocycles. The number of benzene rings is 2. The van der Waals surface area contributed by atoms with Crippen molar-refractivity contribution >= 4 is 52.8 Å². The molecule has 0 saturated carbocycles. The van der Waals surface area contributed by atoms with Gasteiger partial charge in [0.15, 0.2) is 12.2 Å². The highest BCUT2D eigenvalue weighted by atomic mass is 16.7. The highest BCUT2D eigenvalue weighted by Gasteiger charge is 2.54. The standard InChI is InChI=1S/C35H36O16/c1-17(36)43-16-30-31(46-20(4)39)32(47-21(5)40)33(48-22(6)41)35(50-30)51-34(42)29-15-26-25(27(45-19(3)38)13-14-28(26)49-29)12-9-23-7-10-24(11-8-23)44-18(2)37/h7-8,10-11,13-15,30-33,35H,9,12,16H2,1-6H3/t30-,31-,32+,33-,35+/m1/s1. The minimum absolute atomic E-state index is 0.229. The van der Waals surface area contributed by atoms with Crippen molar-refractivity contribution in [2.45, 2.75) is 85.1 Å². The monoisotopic (exact) mass is 712 g/mol. The molecule has 0 bridgehead atoms. The molecule has 0 amide bonds. The van der Waals surface area contributed by atoms with Gasteiger partial charge < -0.3 is 42.3 Å². The molecule has 51 heavy (non-hydrogen) atoms. The molecule has 1 aliphatic rings. The zero-order valence-electron chi connectivity index (χ0n) is 28.6. The summed E-state index contributed by atoms with van der Waals surface area (Å²) >= 11 is 0. The molecule has 1 fully saturated rings. The zero-order chi connectivity index (χ0) is 37.4. The highest BCUT2D eigenvalue weighted by molar-refractivity contribution is 5.95. The van der Waals surface area contributed by atoms with Crippen molar-refractivity contribution in [3.05, 3.63) is 59.4 Å². The van der Waals surface area contributed by atoms with E-state index in [-0.39, 0.29) is 17.1 Å². The first kappa shape index (κ1) is 38.0. The predicted molar refractivity (Wildman–Crippen MR) is 170 cm³/mol. The normalized spacial score (nSPS) is 19.7. The van der Waals surface area contributed by atoms with Crippen LogP contribution >= 0.6 is 0 Å². The van der Waals surface area contributed by atoms with E-state index >= 15 is 0 Å². The van der Waals surface area contributed by atoms with Crippen molar-refractivity contribution < 1.29 is 75.9 Å². The maximum absolute atomic E-state index is 13.6.